The second-order valence-corrected chi connectivity index (χ2v) is 4.82. The van der Waals surface area contributed by atoms with E-state index in [0.29, 0.717) is 5.92 Å². The molecule has 88 valence electrons. The molecule has 0 radical (unpaired) electrons. The zero-order chi connectivity index (χ0) is 11.0. The van der Waals surface area contributed by atoms with Crippen molar-refractivity contribution in [3.05, 3.63) is 11.8 Å². The molecule has 5 heteroatoms. The lowest BCUT2D eigenvalue weighted by Crippen LogP contribution is -2.35. The third-order valence-electron chi connectivity index (χ3n) is 3.33. The number of aromatic nitrogens is 2. The Labute approximate surface area is 94.5 Å². The van der Waals surface area contributed by atoms with Gasteiger partial charge in [0.25, 0.3) is 0 Å². The van der Waals surface area contributed by atoms with Crippen LogP contribution in [0.3, 0.4) is 0 Å². The fourth-order valence-corrected chi connectivity index (χ4v) is 2.09. The Morgan fingerprint density at radius 2 is 1.94 bits per heavy atom. The number of rotatable bonds is 3. The lowest BCUT2D eigenvalue weighted by atomic mass is 10.1. The van der Waals surface area contributed by atoms with E-state index in [2.05, 4.69) is 15.1 Å². The molecule has 2 heterocycles. The van der Waals surface area contributed by atoms with Crippen molar-refractivity contribution in [2.75, 3.05) is 13.1 Å². The highest BCUT2D eigenvalue weighted by atomic mass is 16.4. The van der Waals surface area contributed by atoms with Gasteiger partial charge in [-0.25, -0.2) is 0 Å². The first kappa shape index (κ1) is 10.2. The zero-order valence-electron chi connectivity index (χ0n) is 9.30. The number of aliphatic hydroxyl groups excluding tert-OH is 1. The SMILES string of the molecule is OC1CCN(Cc2nnc(C3CC3)o2)CC1. The van der Waals surface area contributed by atoms with Gasteiger partial charge in [0.15, 0.2) is 0 Å². The van der Waals surface area contributed by atoms with Gasteiger partial charge in [-0.2, -0.15) is 0 Å². The minimum atomic E-state index is -0.124. The second kappa shape index (κ2) is 4.14. The molecule has 1 saturated heterocycles. The molecule has 1 aliphatic heterocycles. The summed E-state index contributed by atoms with van der Waals surface area (Å²) in [5.41, 5.74) is 0. The predicted molar refractivity (Wildman–Crippen MR) is 56.8 cm³/mol. The molecular formula is C11H17N3O2. The van der Waals surface area contributed by atoms with Crippen LogP contribution in [0, 0.1) is 0 Å². The van der Waals surface area contributed by atoms with Gasteiger partial charge in [-0.3, -0.25) is 4.90 Å². The molecule has 2 fully saturated rings. The van der Waals surface area contributed by atoms with Crippen LogP contribution in [-0.4, -0.2) is 39.4 Å². The number of nitrogens with zero attached hydrogens (tertiary/aromatic N) is 3. The number of aliphatic hydroxyl groups is 1. The summed E-state index contributed by atoms with van der Waals surface area (Å²) in [7, 11) is 0. The van der Waals surface area contributed by atoms with Gasteiger partial charge in [-0.1, -0.05) is 0 Å². The van der Waals surface area contributed by atoms with Crippen LogP contribution < -0.4 is 0 Å². The van der Waals surface area contributed by atoms with E-state index < -0.39 is 0 Å². The van der Waals surface area contributed by atoms with Gasteiger partial charge in [0.1, 0.15) is 0 Å². The summed E-state index contributed by atoms with van der Waals surface area (Å²) in [6.07, 6.45) is 3.96. The van der Waals surface area contributed by atoms with Crippen molar-refractivity contribution in [1.29, 1.82) is 0 Å². The third-order valence-corrected chi connectivity index (χ3v) is 3.33. The molecule has 16 heavy (non-hydrogen) atoms. The van der Waals surface area contributed by atoms with E-state index in [4.69, 9.17) is 4.42 Å². The highest BCUT2D eigenvalue weighted by molar-refractivity contribution is 5.00. The van der Waals surface area contributed by atoms with Crippen molar-refractivity contribution in [2.24, 2.45) is 0 Å². The summed E-state index contributed by atoms with van der Waals surface area (Å²) < 4.78 is 5.61. The highest BCUT2D eigenvalue weighted by Gasteiger charge is 2.29. The van der Waals surface area contributed by atoms with Crippen LogP contribution in [0.1, 0.15) is 43.4 Å². The predicted octanol–water partition coefficient (Wildman–Crippen LogP) is 0.904. The smallest absolute Gasteiger partial charge is 0.230 e. The van der Waals surface area contributed by atoms with Crippen molar-refractivity contribution < 1.29 is 9.52 Å². The van der Waals surface area contributed by atoms with Gasteiger partial charge >= 0.3 is 0 Å². The maximum Gasteiger partial charge on any atom is 0.230 e. The van der Waals surface area contributed by atoms with Gasteiger partial charge in [-0.05, 0) is 25.7 Å². The number of piperidine rings is 1. The van der Waals surface area contributed by atoms with E-state index in [1.54, 1.807) is 0 Å². The van der Waals surface area contributed by atoms with E-state index in [1.165, 1.54) is 12.8 Å². The summed E-state index contributed by atoms with van der Waals surface area (Å²) in [5.74, 6) is 2.06. The van der Waals surface area contributed by atoms with Crippen LogP contribution in [0.2, 0.25) is 0 Å². The first-order chi connectivity index (χ1) is 7.81. The van der Waals surface area contributed by atoms with E-state index >= 15 is 0 Å². The Hall–Kier alpha value is -0.940. The largest absolute Gasteiger partial charge is 0.424 e. The van der Waals surface area contributed by atoms with Crippen LogP contribution in [0.4, 0.5) is 0 Å². The average molecular weight is 223 g/mol. The van der Waals surface area contributed by atoms with Crippen molar-refractivity contribution in [2.45, 2.75) is 44.2 Å². The third kappa shape index (κ3) is 2.25. The van der Waals surface area contributed by atoms with Crippen molar-refractivity contribution >= 4 is 0 Å². The summed E-state index contributed by atoms with van der Waals surface area (Å²) >= 11 is 0. The van der Waals surface area contributed by atoms with Crippen molar-refractivity contribution in [3.8, 4) is 0 Å². The molecule has 1 aromatic rings. The Morgan fingerprint density at radius 3 is 2.62 bits per heavy atom. The lowest BCUT2D eigenvalue weighted by Gasteiger charge is -2.27. The van der Waals surface area contributed by atoms with Gasteiger partial charge in [0.05, 0.1) is 12.6 Å². The van der Waals surface area contributed by atoms with Crippen molar-refractivity contribution in [3.63, 3.8) is 0 Å². The quantitative estimate of drug-likeness (QED) is 0.825. The highest BCUT2D eigenvalue weighted by Crippen LogP contribution is 2.39. The van der Waals surface area contributed by atoms with E-state index in [0.717, 1.165) is 44.3 Å². The molecule has 0 spiro atoms. The van der Waals surface area contributed by atoms with Gasteiger partial charge < -0.3 is 9.52 Å². The van der Waals surface area contributed by atoms with Crippen LogP contribution in [0.15, 0.2) is 4.42 Å². The zero-order valence-corrected chi connectivity index (χ0v) is 9.30. The Kier molecular flexibility index (Phi) is 2.65. The average Bonchev–Trinajstić information content (AvgIpc) is 3.04. The molecule has 5 nitrogen and oxygen atoms in total. The van der Waals surface area contributed by atoms with Crippen LogP contribution in [-0.2, 0) is 6.54 Å². The Balaban J connectivity index is 1.56. The van der Waals surface area contributed by atoms with Crippen LogP contribution in [0.25, 0.3) is 0 Å². The molecule has 1 saturated carbocycles. The maximum atomic E-state index is 9.40. The van der Waals surface area contributed by atoms with Gasteiger partial charge in [0.2, 0.25) is 11.8 Å². The molecule has 2 aliphatic rings. The standard InChI is InChI=1S/C11H17N3O2/c15-9-3-5-14(6-4-9)7-10-12-13-11(16-10)8-1-2-8/h8-9,15H,1-7H2. The molecule has 0 unspecified atom stereocenters. The molecule has 0 amide bonds. The number of hydrogen-bond donors (Lipinski definition) is 1. The normalized spacial score (nSPS) is 23.8. The van der Waals surface area contributed by atoms with Crippen LogP contribution in [0.5, 0.6) is 0 Å². The molecule has 3 rings (SSSR count). The van der Waals surface area contributed by atoms with Crippen molar-refractivity contribution in [1.82, 2.24) is 15.1 Å². The molecule has 1 aliphatic carbocycles. The van der Waals surface area contributed by atoms with E-state index in [-0.39, 0.29) is 6.10 Å². The minimum absolute atomic E-state index is 0.124. The molecular weight excluding hydrogens is 206 g/mol. The monoisotopic (exact) mass is 223 g/mol. The first-order valence-corrected chi connectivity index (χ1v) is 6.04. The molecule has 0 atom stereocenters. The Morgan fingerprint density at radius 1 is 1.19 bits per heavy atom. The summed E-state index contributed by atoms with van der Waals surface area (Å²) in [5, 5.41) is 17.5. The van der Waals surface area contributed by atoms with E-state index in [9.17, 15) is 5.11 Å². The molecule has 0 aromatic carbocycles. The second-order valence-electron chi connectivity index (χ2n) is 4.82. The molecule has 1 aromatic heterocycles. The maximum absolute atomic E-state index is 9.40. The molecule has 1 N–H and O–H groups in total. The number of hydrogen-bond acceptors (Lipinski definition) is 5. The fourth-order valence-electron chi connectivity index (χ4n) is 2.09. The van der Waals surface area contributed by atoms with Gasteiger partial charge in [-0.15, -0.1) is 10.2 Å². The number of likely N-dealkylation sites (tertiary alicyclic amines) is 1. The summed E-state index contributed by atoms with van der Waals surface area (Å²) in [6.45, 7) is 2.57. The summed E-state index contributed by atoms with van der Waals surface area (Å²) in [6, 6.07) is 0. The lowest BCUT2D eigenvalue weighted by molar-refractivity contribution is 0.0749. The van der Waals surface area contributed by atoms with E-state index in [1.807, 2.05) is 0 Å². The van der Waals surface area contributed by atoms with Crippen LogP contribution >= 0.6 is 0 Å². The topological polar surface area (TPSA) is 62.4 Å². The summed E-state index contributed by atoms with van der Waals surface area (Å²) in [4.78, 5) is 2.26. The first-order valence-electron chi connectivity index (χ1n) is 6.04. The molecule has 0 bridgehead atoms. The Bertz CT molecular complexity index is 354. The van der Waals surface area contributed by atoms with Gasteiger partial charge in [0, 0.05) is 19.0 Å². The minimum Gasteiger partial charge on any atom is -0.424 e. The fraction of sp³-hybridized carbons (Fsp3) is 0.818.